The zero-order valence-corrected chi connectivity index (χ0v) is 12.0. The second kappa shape index (κ2) is 5.04. The van der Waals surface area contributed by atoms with Gasteiger partial charge in [-0.15, -0.1) is 10.2 Å². The van der Waals surface area contributed by atoms with Crippen LogP contribution in [0.3, 0.4) is 0 Å². The molecular weight excluding hydrogens is 248 g/mol. The first-order chi connectivity index (χ1) is 9.66. The van der Waals surface area contributed by atoms with Crippen molar-refractivity contribution in [2.24, 2.45) is 5.92 Å². The molecule has 3 rings (SSSR count). The minimum atomic E-state index is 0.555. The molecule has 20 heavy (non-hydrogen) atoms. The van der Waals surface area contributed by atoms with Crippen LogP contribution in [0.4, 0.5) is 0 Å². The van der Waals surface area contributed by atoms with Gasteiger partial charge in [0, 0.05) is 11.1 Å². The summed E-state index contributed by atoms with van der Waals surface area (Å²) in [5.41, 5.74) is 5.50. The van der Waals surface area contributed by atoms with Gasteiger partial charge in [0.2, 0.25) is 0 Å². The fourth-order valence-electron chi connectivity index (χ4n) is 2.63. The van der Waals surface area contributed by atoms with E-state index in [9.17, 15) is 0 Å². The Morgan fingerprint density at radius 1 is 1.15 bits per heavy atom. The van der Waals surface area contributed by atoms with Crippen molar-refractivity contribution in [2.75, 3.05) is 0 Å². The van der Waals surface area contributed by atoms with Crippen LogP contribution < -0.4 is 0 Å². The molecule has 0 saturated heterocycles. The second-order valence-corrected chi connectivity index (χ2v) is 5.50. The number of rotatable bonds is 3. The maximum absolute atomic E-state index is 4.57. The summed E-state index contributed by atoms with van der Waals surface area (Å²) in [6.45, 7) is 6.49. The zero-order valence-electron chi connectivity index (χ0n) is 12.0. The number of fused-ring (bicyclic) bond motifs is 1. The van der Waals surface area contributed by atoms with Crippen molar-refractivity contribution in [2.45, 2.75) is 27.2 Å². The highest BCUT2D eigenvalue weighted by atomic mass is 15.3. The first-order valence-electron chi connectivity index (χ1n) is 6.91. The Hall–Kier alpha value is -2.23. The fourth-order valence-corrected chi connectivity index (χ4v) is 2.63. The van der Waals surface area contributed by atoms with Crippen LogP contribution in [0.15, 0.2) is 36.7 Å². The molecule has 0 N–H and O–H groups in total. The monoisotopic (exact) mass is 266 g/mol. The molecule has 0 bridgehead atoms. The number of aromatic nitrogens is 4. The Kier molecular flexibility index (Phi) is 3.22. The maximum atomic E-state index is 4.57. The molecular formula is C16H18N4. The van der Waals surface area contributed by atoms with Crippen LogP contribution in [0.5, 0.6) is 0 Å². The lowest BCUT2D eigenvalue weighted by molar-refractivity contribution is 0.646. The molecule has 0 aliphatic carbocycles. The van der Waals surface area contributed by atoms with Crippen molar-refractivity contribution < 1.29 is 0 Å². The molecule has 2 heterocycles. The number of hydrogen-bond acceptors (Lipinski definition) is 3. The van der Waals surface area contributed by atoms with Gasteiger partial charge >= 0.3 is 0 Å². The summed E-state index contributed by atoms with van der Waals surface area (Å²) in [4.78, 5) is 0. The van der Waals surface area contributed by atoms with Crippen LogP contribution in [0.25, 0.3) is 16.8 Å². The van der Waals surface area contributed by atoms with Crippen LogP contribution in [0.2, 0.25) is 0 Å². The van der Waals surface area contributed by atoms with Crippen molar-refractivity contribution in [1.29, 1.82) is 0 Å². The third-order valence-electron chi connectivity index (χ3n) is 3.40. The van der Waals surface area contributed by atoms with E-state index in [-0.39, 0.29) is 0 Å². The predicted molar refractivity (Wildman–Crippen MR) is 79.5 cm³/mol. The molecule has 0 aliphatic rings. The van der Waals surface area contributed by atoms with E-state index in [4.69, 9.17) is 0 Å². The van der Waals surface area contributed by atoms with E-state index in [2.05, 4.69) is 53.4 Å². The van der Waals surface area contributed by atoms with Crippen molar-refractivity contribution in [1.82, 2.24) is 19.8 Å². The average Bonchev–Trinajstić information content (AvgIpc) is 2.87. The van der Waals surface area contributed by atoms with Gasteiger partial charge in [0.15, 0.2) is 5.65 Å². The molecule has 0 fully saturated rings. The summed E-state index contributed by atoms with van der Waals surface area (Å²) in [5, 5.41) is 12.8. The Labute approximate surface area is 118 Å². The first-order valence-corrected chi connectivity index (χ1v) is 6.91. The largest absolute Gasteiger partial charge is 0.200 e. The predicted octanol–water partition coefficient (Wildman–Crippen LogP) is 3.30. The average molecular weight is 266 g/mol. The Morgan fingerprint density at radius 3 is 2.60 bits per heavy atom. The van der Waals surface area contributed by atoms with Crippen LogP contribution in [0, 0.1) is 12.8 Å². The normalized spacial score (nSPS) is 11.4. The smallest absolute Gasteiger partial charge is 0.181 e. The molecule has 1 aromatic carbocycles. The van der Waals surface area contributed by atoms with Gasteiger partial charge in [-0.2, -0.15) is 9.61 Å². The molecule has 4 nitrogen and oxygen atoms in total. The molecule has 3 aromatic rings. The molecule has 0 aliphatic heterocycles. The Balaban J connectivity index is 2.31. The number of nitrogens with zero attached hydrogens (tertiary/aromatic N) is 4. The summed E-state index contributed by atoms with van der Waals surface area (Å²) in [6, 6.07) is 10.4. The van der Waals surface area contributed by atoms with Gasteiger partial charge in [0.1, 0.15) is 6.33 Å². The summed E-state index contributed by atoms with van der Waals surface area (Å²) in [7, 11) is 0. The van der Waals surface area contributed by atoms with Gasteiger partial charge in [-0.3, -0.25) is 0 Å². The van der Waals surface area contributed by atoms with Gasteiger partial charge in [0.05, 0.1) is 5.69 Å². The van der Waals surface area contributed by atoms with E-state index in [1.54, 1.807) is 10.8 Å². The van der Waals surface area contributed by atoms with Gasteiger partial charge < -0.3 is 0 Å². The lowest BCUT2D eigenvalue weighted by Crippen LogP contribution is -2.06. The standard InChI is InChI=1S/C16H18N4/c1-11(2)9-14-15(13-7-5-4-6-8-13)12(3)19-20-10-17-18-16(14)20/h4-8,10-11H,9H2,1-3H3. The van der Waals surface area contributed by atoms with E-state index in [0.717, 1.165) is 17.8 Å². The van der Waals surface area contributed by atoms with Crippen molar-refractivity contribution in [3.8, 4) is 11.1 Å². The SMILES string of the molecule is Cc1nn2cnnc2c(CC(C)C)c1-c1ccccc1. The van der Waals surface area contributed by atoms with Crippen LogP contribution in [-0.2, 0) is 6.42 Å². The second-order valence-electron chi connectivity index (χ2n) is 5.50. The van der Waals surface area contributed by atoms with Crippen molar-refractivity contribution in [3.05, 3.63) is 47.9 Å². The lowest BCUT2D eigenvalue weighted by Gasteiger charge is -2.15. The summed E-state index contributed by atoms with van der Waals surface area (Å²) >= 11 is 0. The summed E-state index contributed by atoms with van der Waals surface area (Å²) in [5.74, 6) is 0.555. The van der Waals surface area contributed by atoms with E-state index in [0.29, 0.717) is 5.92 Å². The summed E-state index contributed by atoms with van der Waals surface area (Å²) in [6.07, 6.45) is 2.64. The van der Waals surface area contributed by atoms with Gasteiger partial charge in [-0.1, -0.05) is 44.2 Å². The molecule has 0 atom stereocenters. The van der Waals surface area contributed by atoms with Gasteiger partial charge in [-0.05, 0) is 24.8 Å². The number of aryl methyl sites for hydroxylation is 1. The minimum Gasteiger partial charge on any atom is -0.200 e. The van der Waals surface area contributed by atoms with Gasteiger partial charge in [0.25, 0.3) is 0 Å². The quantitative estimate of drug-likeness (QED) is 0.730. The molecule has 4 heteroatoms. The van der Waals surface area contributed by atoms with E-state index in [1.165, 1.54) is 16.7 Å². The fraction of sp³-hybridized carbons (Fsp3) is 0.312. The van der Waals surface area contributed by atoms with E-state index >= 15 is 0 Å². The summed E-state index contributed by atoms with van der Waals surface area (Å²) < 4.78 is 1.78. The molecule has 0 saturated carbocycles. The van der Waals surface area contributed by atoms with Crippen LogP contribution in [-0.4, -0.2) is 19.8 Å². The Morgan fingerprint density at radius 2 is 1.90 bits per heavy atom. The highest BCUT2D eigenvalue weighted by Crippen LogP contribution is 2.30. The highest BCUT2D eigenvalue weighted by Gasteiger charge is 2.17. The molecule has 0 unspecified atom stereocenters. The Bertz CT molecular complexity index is 729. The molecule has 0 spiro atoms. The number of hydrogen-bond donors (Lipinski definition) is 0. The maximum Gasteiger partial charge on any atom is 0.181 e. The van der Waals surface area contributed by atoms with Gasteiger partial charge in [-0.25, -0.2) is 0 Å². The third kappa shape index (κ3) is 2.18. The van der Waals surface area contributed by atoms with Crippen LogP contribution in [0.1, 0.15) is 25.1 Å². The molecule has 102 valence electrons. The zero-order chi connectivity index (χ0) is 14.1. The van der Waals surface area contributed by atoms with Crippen molar-refractivity contribution >= 4 is 5.65 Å². The van der Waals surface area contributed by atoms with E-state index < -0.39 is 0 Å². The van der Waals surface area contributed by atoms with Crippen LogP contribution >= 0.6 is 0 Å². The third-order valence-corrected chi connectivity index (χ3v) is 3.40. The molecule has 2 aromatic heterocycles. The minimum absolute atomic E-state index is 0.555. The topological polar surface area (TPSA) is 43.1 Å². The van der Waals surface area contributed by atoms with E-state index in [1.807, 2.05) is 13.0 Å². The first kappa shape index (κ1) is 12.8. The van der Waals surface area contributed by atoms with Crippen molar-refractivity contribution in [3.63, 3.8) is 0 Å². The molecule has 0 amide bonds. The number of benzene rings is 1. The lowest BCUT2D eigenvalue weighted by atomic mass is 9.94. The molecule has 0 radical (unpaired) electrons. The highest BCUT2D eigenvalue weighted by molar-refractivity contribution is 5.74.